The molecule has 2 aliphatic rings. The van der Waals surface area contributed by atoms with Gasteiger partial charge in [0, 0.05) is 13.2 Å². The third-order valence-corrected chi connectivity index (χ3v) is 6.83. The Balaban J connectivity index is 1.26. The molecular weight excluding hydrogens is 408 g/mol. The van der Waals surface area contributed by atoms with E-state index < -0.39 is 0 Å². The van der Waals surface area contributed by atoms with Crippen molar-refractivity contribution < 1.29 is 18.3 Å². The Morgan fingerprint density at radius 3 is 2.03 bits per heavy atom. The molecule has 2 aromatic carbocycles. The fourth-order valence-electron chi connectivity index (χ4n) is 5.00. The molecular formula is C27H35F2NO2. The van der Waals surface area contributed by atoms with Gasteiger partial charge in [0.15, 0.2) is 6.29 Å². The molecule has 0 saturated carbocycles. The first-order chi connectivity index (χ1) is 15.7. The van der Waals surface area contributed by atoms with Crippen molar-refractivity contribution in [2.45, 2.75) is 63.7 Å². The van der Waals surface area contributed by atoms with Crippen LogP contribution in [0, 0.1) is 17.6 Å². The maximum Gasteiger partial charge on any atom is 0.157 e. The second-order valence-corrected chi connectivity index (χ2v) is 9.15. The quantitative estimate of drug-likeness (QED) is 0.414. The molecule has 174 valence electrons. The van der Waals surface area contributed by atoms with Gasteiger partial charge < -0.3 is 9.47 Å². The molecule has 1 atom stereocenters. The Kier molecular flexibility index (Phi) is 8.66. The lowest BCUT2D eigenvalue weighted by atomic mass is 9.88. The zero-order chi connectivity index (χ0) is 22.2. The van der Waals surface area contributed by atoms with Crippen molar-refractivity contribution in [3.8, 4) is 0 Å². The minimum absolute atomic E-state index is 0.0156. The predicted molar refractivity (Wildman–Crippen MR) is 122 cm³/mol. The number of likely N-dealkylation sites (tertiary alicyclic amines) is 1. The highest BCUT2D eigenvalue weighted by molar-refractivity contribution is 5.32. The number of rotatable bonds is 9. The van der Waals surface area contributed by atoms with Gasteiger partial charge in [0.05, 0.1) is 6.04 Å². The fraction of sp³-hybridized carbons (Fsp3) is 0.556. The van der Waals surface area contributed by atoms with Crippen LogP contribution < -0.4 is 0 Å². The van der Waals surface area contributed by atoms with Crippen LogP contribution in [0.1, 0.15) is 68.5 Å². The summed E-state index contributed by atoms with van der Waals surface area (Å²) in [5, 5.41) is 0. The third-order valence-electron chi connectivity index (χ3n) is 6.83. The number of piperidine rings is 1. The highest BCUT2D eigenvalue weighted by Crippen LogP contribution is 2.34. The van der Waals surface area contributed by atoms with Gasteiger partial charge in [0.25, 0.3) is 0 Å². The van der Waals surface area contributed by atoms with Crippen LogP contribution in [0.25, 0.3) is 0 Å². The van der Waals surface area contributed by atoms with E-state index in [-0.39, 0.29) is 24.0 Å². The SMILES string of the molecule is Fc1ccc(C(c2ccc(F)cc2)N2CCC(CCCCOC3CCCCO3)CC2)cc1. The Hall–Kier alpha value is -1.82. The van der Waals surface area contributed by atoms with E-state index in [4.69, 9.17) is 9.47 Å². The van der Waals surface area contributed by atoms with Gasteiger partial charge in [-0.05, 0) is 92.9 Å². The normalized spacial score (nSPS) is 20.7. The number of hydrogen-bond donors (Lipinski definition) is 0. The summed E-state index contributed by atoms with van der Waals surface area (Å²) in [4.78, 5) is 2.46. The van der Waals surface area contributed by atoms with Crippen molar-refractivity contribution in [2.75, 3.05) is 26.3 Å². The Morgan fingerprint density at radius 2 is 1.47 bits per heavy atom. The summed E-state index contributed by atoms with van der Waals surface area (Å²) < 4.78 is 38.5. The van der Waals surface area contributed by atoms with E-state index in [1.165, 1.54) is 43.5 Å². The van der Waals surface area contributed by atoms with Crippen LogP contribution in [0.15, 0.2) is 48.5 Å². The fourth-order valence-corrected chi connectivity index (χ4v) is 5.00. The zero-order valence-corrected chi connectivity index (χ0v) is 18.9. The molecule has 4 rings (SSSR count). The van der Waals surface area contributed by atoms with E-state index in [2.05, 4.69) is 4.90 Å². The smallest absolute Gasteiger partial charge is 0.157 e. The minimum atomic E-state index is -0.232. The van der Waals surface area contributed by atoms with E-state index >= 15 is 0 Å². The Labute approximate surface area is 190 Å². The Bertz CT molecular complexity index is 752. The van der Waals surface area contributed by atoms with E-state index in [9.17, 15) is 8.78 Å². The van der Waals surface area contributed by atoms with E-state index in [1.54, 1.807) is 0 Å². The van der Waals surface area contributed by atoms with Crippen molar-refractivity contribution >= 4 is 0 Å². The van der Waals surface area contributed by atoms with Crippen LogP contribution in [0.5, 0.6) is 0 Å². The molecule has 32 heavy (non-hydrogen) atoms. The average molecular weight is 444 g/mol. The average Bonchev–Trinajstić information content (AvgIpc) is 2.83. The number of nitrogens with zero attached hydrogens (tertiary/aromatic N) is 1. The van der Waals surface area contributed by atoms with Crippen LogP contribution in [0.3, 0.4) is 0 Å². The molecule has 0 radical (unpaired) electrons. The van der Waals surface area contributed by atoms with Crippen molar-refractivity contribution in [2.24, 2.45) is 5.92 Å². The summed E-state index contributed by atoms with van der Waals surface area (Å²) in [6.45, 7) is 3.62. The lowest BCUT2D eigenvalue weighted by Gasteiger charge is -2.38. The first kappa shape index (κ1) is 23.3. The van der Waals surface area contributed by atoms with Crippen LogP contribution in [-0.4, -0.2) is 37.5 Å². The molecule has 2 fully saturated rings. The molecule has 0 bridgehead atoms. The minimum Gasteiger partial charge on any atom is -0.353 e. The highest BCUT2D eigenvalue weighted by Gasteiger charge is 2.27. The molecule has 3 nitrogen and oxygen atoms in total. The topological polar surface area (TPSA) is 21.7 Å². The zero-order valence-electron chi connectivity index (χ0n) is 18.9. The van der Waals surface area contributed by atoms with E-state index in [0.717, 1.165) is 75.5 Å². The molecule has 1 unspecified atom stereocenters. The predicted octanol–water partition coefficient (Wildman–Crippen LogP) is 6.48. The third kappa shape index (κ3) is 6.60. The summed E-state index contributed by atoms with van der Waals surface area (Å²) in [6.07, 6.45) is 9.24. The van der Waals surface area contributed by atoms with Crippen molar-refractivity contribution in [3.63, 3.8) is 0 Å². The van der Waals surface area contributed by atoms with E-state index in [1.807, 2.05) is 24.3 Å². The van der Waals surface area contributed by atoms with Crippen molar-refractivity contribution in [1.29, 1.82) is 0 Å². The van der Waals surface area contributed by atoms with Gasteiger partial charge in [-0.25, -0.2) is 8.78 Å². The second-order valence-electron chi connectivity index (χ2n) is 9.15. The van der Waals surface area contributed by atoms with Crippen LogP contribution in [-0.2, 0) is 9.47 Å². The molecule has 0 aliphatic carbocycles. The molecule has 0 N–H and O–H groups in total. The molecule has 2 aliphatic heterocycles. The van der Waals surface area contributed by atoms with Gasteiger partial charge in [-0.1, -0.05) is 37.1 Å². The summed E-state index contributed by atoms with van der Waals surface area (Å²) in [6, 6.07) is 13.5. The summed E-state index contributed by atoms with van der Waals surface area (Å²) in [5.74, 6) is 0.271. The van der Waals surface area contributed by atoms with E-state index in [0.29, 0.717) is 0 Å². The first-order valence-electron chi connectivity index (χ1n) is 12.2. The molecule has 0 aromatic heterocycles. The number of halogens is 2. The number of unbranched alkanes of at least 4 members (excludes halogenated alkanes) is 1. The van der Waals surface area contributed by atoms with Gasteiger partial charge in [0.2, 0.25) is 0 Å². The second kappa shape index (κ2) is 11.9. The summed E-state index contributed by atoms with van der Waals surface area (Å²) in [5.41, 5.74) is 2.11. The maximum atomic E-state index is 13.5. The Morgan fingerprint density at radius 1 is 0.844 bits per heavy atom. The number of hydrogen-bond acceptors (Lipinski definition) is 3. The molecule has 5 heteroatoms. The summed E-state index contributed by atoms with van der Waals surface area (Å²) >= 11 is 0. The molecule has 0 spiro atoms. The van der Waals surface area contributed by atoms with Gasteiger partial charge >= 0.3 is 0 Å². The van der Waals surface area contributed by atoms with Crippen LogP contribution in [0.4, 0.5) is 8.78 Å². The lowest BCUT2D eigenvalue weighted by molar-refractivity contribution is -0.162. The summed E-state index contributed by atoms with van der Waals surface area (Å²) in [7, 11) is 0. The van der Waals surface area contributed by atoms with Crippen molar-refractivity contribution in [3.05, 3.63) is 71.3 Å². The lowest BCUT2D eigenvalue weighted by Crippen LogP contribution is -2.37. The van der Waals surface area contributed by atoms with Crippen molar-refractivity contribution in [1.82, 2.24) is 4.90 Å². The maximum absolute atomic E-state index is 13.5. The van der Waals surface area contributed by atoms with Gasteiger partial charge in [-0.2, -0.15) is 0 Å². The molecule has 0 amide bonds. The number of benzene rings is 2. The first-order valence-corrected chi connectivity index (χ1v) is 12.2. The molecule has 2 saturated heterocycles. The van der Waals surface area contributed by atoms with Gasteiger partial charge in [-0.3, -0.25) is 4.90 Å². The highest BCUT2D eigenvalue weighted by atomic mass is 19.1. The molecule has 2 heterocycles. The van der Waals surface area contributed by atoms with Gasteiger partial charge in [0.1, 0.15) is 11.6 Å². The standard InChI is InChI=1S/C27H35F2NO2/c28-24-11-7-22(8-12-24)27(23-9-13-25(29)14-10-23)30-17-15-21(16-18-30)5-1-3-19-31-26-6-2-4-20-32-26/h7-14,21,26-27H,1-6,15-20H2. The largest absolute Gasteiger partial charge is 0.353 e. The molecule has 2 aromatic rings. The number of ether oxygens (including phenoxy) is 2. The van der Waals surface area contributed by atoms with Gasteiger partial charge in [-0.15, -0.1) is 0 Å². The monoisotopic (exact) mass is 443 g/mol. The van der Waals surface area contributed by atoms with Crippen LogP contribution >= 0.6 is 0 Å². The van der Waals surface area contributed by atoms with Crippen LogP contribution in [0.2, 0.25) is 0 Å².